The number of Topliss-reactive ketones (excluding diaryl/α,β-unsaturated/α-hetero) is 1. The Morgan fingerprint density at radius 3 is 2.33 bits per heavy atom. The van der Waals surface area contributed by atoms with E-state index in [1.807, 2.05) is 27.7 Å². The van der Waals surface area contributed by atoms with Crippen LogP contribution in [-0.2, 0) is 14.8 Å². The molecule has 0 aliphatic carbocycles. The molecule has 1 rings (SSSR count). The van der Waals surface area contributed by atoms with Gasteiger partial charge in [-0.3, -0.25) is 4.79 Å². The van der Waals surface area contributed by atoms with Crippen LogP contribution in [0.1, 0.15) is 40.5 Å². The first kappa shape index (κ1) is 15.6. The van der Waals surface area contributed by atoms with Crippen LogP contribution in [0.25, 0.3) is 0 Å². The normalized spacial score (nSPS) is 24.7. The SMILES string of the molecule is CC(C)NC(CC1CCNS1(=O)=O)C(=O)C(C)C. The summed E-state index contributed by atoms with van der Waals surface area (Å²) in [6.07, 6.45) is 0.953. The van der Waals surface area contributed by atoms with Gasteiger partial charge in [0, 0.05) is 18.5 Å². The van der Waals surface area contributed by atoms with Gasteiger partial charge in [-0.15, -0.1) is 0 Å². The van der Waals surface area contributed by atoms with Crippen molar-refractivity contribution in [3.8, 4) is 0 Å². The molecule has 6 heteroatoms. The molecular weight excluding hydrogens is 252 g/mol. The molecule has 2 unspecified atom stereocenters. The van der Waals surface area contributed by atoms with E-state index in [0.29, 0.717) is 19.4 Å². The summed E-state index contributed by atoms with van der Waals surface area (Å²) in [6.45, 7) is 8.10. The van der Waals surface area contributed by atoms with Crippen molar-refractivity contribution in [1.29, 1.82) is 0 Å². The Balaban J connectivity index is 2.75. The van der Waals surface area contributed by atoms with Crippen LogP contribution in [0.2, 0.25) is 0 Å². The van der Waals surface area contributed by atoms with Gasteiger partial charge in [-0.05, 0) is 12.8 Å². The third kappa shape index (κ3) is 4.03. The van der Waals surface area contributed by atoms with E-state index in [-0.39, 0.29) is 23.8 Å². The van der Waals surface area contributed by atoms with E-state index >= 15 is 0 Å². The third-order valence-electron chi connectivity index (χ3n) is 3.15. The molecule has 0 bridgehead atoms. The topological polar surface area (TPSA) is 75.3 Å². The predicted molar refractivity (Wildman–Crippen MR) is 71.8 cm³/mol. The lowest BCUT2D eigenvalue weighted by molar-refractivity contribution is -0.124. The molecule has 5 nitrogen and oxygen atoms in total. The summed E-state index contributed by atoms with van der Waals surface area (Å²) >= 11 is 0. The second kappa shape index (κ2) is 6.12. The van der Waals surface area contributed by atoms with Crippen LogP contribution < -0.4 is 10.0 Å². The van der Waals surface area contributed by atoms with Crippen molar-refractivity contribution in [3.05, 3.63) is 0 Å². The van der Waals surface area contributed by atoms with E-state index < -0.39 is 15.3 Å². The van der Waals surface area contributed by atoms with Crippen molar-refractivity contribution in [2.24, 2.45) is 5.92 Å². The number of rotatable bonds is 6. The van der Waals surface area contributed by atoms with E-state index in [2.05, 4.69) is 10.0 Å². The van der Waals surface area contributed by atoms with Crippen molar-refractivity contribution in [1.82, 2.24) is 10.0 Å². The first-order valence-electron chi connectivity index (χ1n) is 6.52. The molecule has 0 amide bonds. The lowest BCUT2D eigenvalue weighted by Crippen LogP contribution is -2.45. The fourth-order valence-electron chi connectivity index (χ4n) is 2.21. The van der Waals surface area contributed by atoms with Gasteiger partial charge in [0.2, 0.25) is 10.0 Å². The standard InChI is InChI=1S/C12H24N2O3S/c1-8(2)12(15)11(14-9(3)4)7-10-5-6-13-18(10,16)17/h8-11,13-14H,5-7H2,1-4H3. The quantitative estimate of drug-likeness (QED) is 0.747. The second-order valence-corrected chi connectivity index (χ2v) is 7.56. The highest BCUT2D eigenvalue weighted by Crippen LogP contribution is 2.19. The molecule has 0 aromatic rings. The Morgan fingerprint density at radius 1 is 1.33 bits per heavy atom. The molecule has 2 atom stereocenters. The van der Waals surface area contributed by atoms with Gasteiger partial charge >= 0.3 is 0 Å². The largest absolute Gasteiger partial charge is 0.305 e. The van der Waals surface area contributed by atoms with Crippen LogP contribution in [0, 0.1) is 5.92 Å². The van der Waals surface area contributed by atoms with Gasteiger partial charge < -0.3 is 5.32 Å². The van der Waals surface area contributed by atoms with Crippen molar-refractivity contribution < 1.29 is 13.2 Å². The fraction of sp³-hybridized carbons (Fsp3) is 0.917. The molecule has 106 valence electrons. The molecule has 1 heterocycles. The van der Waals surface area contributed by atoms with Crippen molar-refractivity contribution in [2.75, 3.05) is 6.54 Å². The highest BCUT2D eigenvalue weighted by molar-refractivity contribution is 7.90. The van der Waals surface area contributed by atoms with Crippen molar-refractivity contribution >= 4 is 15.8 Å². The second-order valence-electron chi connectivity index (χ2n) is 5.52. The van der Waals surface area contributed by atoms with Gasteiger partial charge in [0.25, 0.3) is 0 Å². The Kier molecular flexibility index (Phi) is 5.31. The highest BCUT2D eigenvalue weighted by atomic mass is 32.2. The Morgan fingerprint density at radius 2 is 1.94 bits per heavy atom. The van der Waals surface area contributed by atoms with Crippen molar-refractivity contribution in [3.63, 3.8) is 0 Å². The first-order chi connectivity index (χ1) is 8.24. The molecule has 18 heavy (non-hydrogen) atoms. The minimum Gasteiger partial charge on any atom is -0.305 e. The van der Waals surface area contributed by atoms with E-state index in [0.717, 1.165) is 0 Å². The number of carbonyl (C=O) groups is 1. The van der Waals surface area contributed by atoms with Gasteiger partial charge in [-0.25, -0.2) is 13.1 Å². The Hall–Kier alpha value is -0.460. The molecule has 1 fully saturated rings. The molecule has 0 saturated carbocycles. The molecule has 1 aliphatic heterocycles. The zero-order valence-electron chi connectivity index (χ0n) is 11.6. The van der Waals surface area contributed by atoms with E-state index in [1.54, 1.807) is 0 Å². The van der Waals surface area contributed by atoms with Crippen LogP contribution in [0.5, 0.6) is 0 Å². The molecule has 0 spiro atoms. The monoisotopic (exact) mass is 276 g/mol. The van der Waals surface area contributed by atoms with Gasteiger partial charge in [0.1, 0.15) is 0 Å². The summed E-state index contributed by atoms with van der Waals surface area (Å²) in [5.74, 6) is 0.00381. The van der Waals surface area contributed by atoms with E-state index in [9.17, 15) is 13.2 Å². The van der Waals surface area contributed by atoms with E-state index in [1.165, 1.54) is 0 Å². The number of ketones is 1. The molecular formula is C12H24N2O3S. The molecule has 0 radical (unpaired) electrons. The maximum Gasteiger partial charge on any atom is 0.214 e. The summed E-state index contributed by atoms with van der Waals surface area (Å²) in [5.41, 5.74) is 0. The summed E-state index contributed by atoms with van der Waals surface area (Å²) in [7, 11) is -3.22. The number of sulfonamides is 1. The smallest absolute Gasteiger partial charge is 0.214 e. The zero-order chi connectivity index (χ0) is 13.9. The highest BCUT2D eigenvalue weighted by Gasteiger charge is 2.35. The van der Waals surface area contributed by atoms with Crippen LogP contribution in [0.4, 0.5) is 0 Å². The first-order valence-corrected chi connectivity index (χ1v) is 8.07. The van der Waals surface area contributed by atoms with Gasteiger partial charge in [-0.1, -0.05) is 27.7 Å². The maximum absolute atomic E-state index is 12.1. The maximum atomic E-state index is 12.1. The Bertz CT molecular complexity index is 390. The summed E-state index contributed by atoms with van der Waals surface area (Å²) in [6, 6.07) is -0.209. The van der Waals surface area contributed by atoms with Crippen LogP contribution in [0.3, 0.4) is 0 Å². The number of nitrogens with one attached hydrogen (secondary N) is 2. The van der Waals surface area contributed by atoms with Gasteiger partial charge in [-0.2, -0.15) is 0 Å². The number of hydrogen-bond acceptors (Lipinski definition) is 4. The van der Waals surface area contributed by atoms with Gasteiger partial charge in [0.05, 0.1) is 11.3 Å². The average molecular weight is 276 g/mol. The molecule has 1 aliphatic rings. The lowest BCUT2D eigenvalue weighted by atomic mass is 9.96. The molecule has 1 saturated heterocycles. The third-order valence-corrected chi connectivity index (χ3v) is 5.07. The van der Waals surface area contributed by atoms with Crippen LogP contribution in [-0.4, -0.2) is 38.1 Å². The van der Waals surface area contributed by atoms with Crippen molar-refractivity contribution in [2.45, 2.75) is 57.9 Å². The van der Waals surface area contributed by atoms with E-state index in [4.69, 9.17) is 0 Å². The minimum atomic E-state index is -3.22. The lowest BCUT2D eigenvalue weighted by Gasteiger charge is -2.24. The molecule has 0 aromatic carbocycles. The number of hydrogen-bond donors (Lipinski definition) is 2. The number of carbonyl (C=O) groups excluding carboxylic acids is 1. The summed E-state index contributed by atoms with van der Waals surface area (Å²) in [5, 5.41) is 2.74. The summed E-state index contributed by atoms with van der Waals surface area (Å²) < 4.78 is 26.0. The summed E-state index contributed by atoms with van der Waals surface area (Å²) in [4.78, 5) is 12.1. The zero-order valence-corrected chi connectivity index (χ0v) is 12.4. The van der Waals surface area contributed by atoms with Gasteiger partial charge in [0.15, 0.2) is 5.78 Å². The van der Waals surface area contributed by atoms with Crippen LogP contribution >= 0.6 is 0 Å². The molecule has 2 N–H and O–H groups in total. The Labute approximate surface area is 110 Å². The van der Waals surface area contributed by atoms with Crippen LogP contribution in [0.15, 0.2) is 0 Å². The predicted octanol–water partition coefficient (Wildman–Crippen LogP) is 0.660. The fourth-order valence-corrected chi connectivity index (χ4v) is 3.73. The average Bonchev–Trinajstić information content (AvgIpc) is 2.55. The minimum absolute atomic E-state index is 0.0849. The molecule has 0 aromatic heterocycles.